The van der Waals surface area contributed by atoms with Crippen LogP contribution in [0.15, 0.2) is 12.7 Å². The number of carbonyl (C=O) groups excluding carboxylic acids is 1. The fraction of sp³-hybridized carbons (Fsp3) is 0.625. The standard InChI is InChI=1S/C8H15NO2/c1-3-5-6-9(7-10)8(11)4-2/h4,10H,2-3,5-7H2,1H3. The van der Waals surface area contributed by atoms with E-state index >= 15 is 0 Å². The van der Waals surface area contributed by atoms with Crippen LogP contribution in [-0.4, -0.2) is 29.2 Å². The van der Waals surface area contributed by atoms with Crippen LogP contribution in [0.4, 0.5) is 0 Å². The molecule has 0 atom stereocenters. The van der Waals surface area contributed by atoms with Crippen LogP contribution in [-0.2, 0) is 4.79 Å². The van der Waals surface area contributed by atoms with Gasteiger partial charge in [0.15, 0.2) is 0 Å². The Balaban J connectivity index is 3.74. The largest absolute Gasteiger partial charge is 0.376 e. The van der Waals surface area contributed by atoms with Crippen molar-refractivity contribution < 1.29 is 9.90 Å². The maximum absolute atomic E-state index is 10.9. The van der Waals surface area contributed by atoms with Crippen molar-refractivity contribution in [3.05, 3.63) is 12.7 Å². The van der Waals surface area contributed by atoms with Gasteiger partial charge in [0.2, 0.25) is 5.91 Å². The van der Waals surface area contributed by atoms with Crippen LogP contribution in [0.3, 0.4) is 0 Å². The van der Waals surface area contributed by atoms with Gasteiger partial charge in [0.1, 0.15) is 6.73 Å². The lowest BCUT2D eigenvalue weighted by Gasteiger charge is -2.16. The zero-order valence-electron chi connectivity index (χ0n) is 6.92. The molecule has 3 heteroatoms. The number of amides is 1. The number of aliphatic hydroxyl groups excluding tert-OH is 1. The van der Waals surface area contributed by atoms with Crippen LogP contribution in [0.25, 0.3) is 0 Å². The third-order valence-electron chi connectivity index (χ3n) is 1.44. The van der Waals surface area contributed by atoms with Crippen molar-refractivity contribution in [3.8, 4) is 0 Å². The molecule has 64 valence electrons. The highest BCUT2D eigenvalue weighted by atomic mass is 16.3. The maximum Gasteiger partial charge on any atom is 0.247 e. The summed E-state index contributed by atoms with van der Waals surface area (Å²) in [4.78, 5) is 12.3. The van der Waals surface area contributed by atoms with E-state index in [1.54, 1.807) is 0 Å². The smallest absolute Gasteiger partial charge is 0.247 e. The fourth-order valence-corrected chi connectivity index (χ4v) is 0.729. The molecule has 0 unspecified atom stereocenters. The first-order valence-electron chi connectivity index (χ1n) is 3.78. The molecule has 1 N–H and O–H groups in total. The number of hydrogen-bond acceptors (Lipinski definition) is 2. The molecule has 3 nitrogen and oxygen atoms in total. The second-order valence-corrected chi connectivity index (χ2v) is 2.30. The van der Waals surface area contributed by atoms with E-state index in [2.05, 4.69) is 6.58 Å². The van der Waals surface area contributed by atoms with E-state index in [0.717, 1.165) is 12.8 Å². The molecule has 0 aliphatic carbocycles. The van der Waals surface area contributed by atoms with Crippen LogP contribution in [0.1, 0.15) is 19.8 Å². The van der Waals surface area contributed by atoms with Crippen LogP contribution >= 0.6 is 0 Å². The Bertz CT molecular complexity index is 134. The molecule has 0 aliphatic heterocycles. The summed E-state index contributed by atoms with van der Waals surface area (Å²) in [7, 11) is 0. The highest BCUT2D eigenvalue weighted by molar-refractivity contribution is 5.86. The van der Waals surface area contributed by atoms with E-state index in [1.807, 2.05) is 6.92 Å². The van der Waals surface area contributed by atoms with E-state index in [4.69, 9.17) is 5.11 Å². The monoisotopic (exact) mass is 157 g/mol. The highest BCUT2D eigenvalue weighted by Gasteiger charge is 2.05. The third kappa shape index (κ3) is 3.78. The van der Waals surface area contributed by atoms with Crippen LogP contribution < -0.4 is 0 Å². The van der Waals surface area contributed by atoms with E-state index in [1.165, 1.54) is 11.0 Å². The Labute approximate surface area is 67.3 Å². The molecule has 0 aliphatic rings. The lowest BCUT2D eigenvalue weighted by molar-refractivity contribution is -0.129. The van der Waals surface area contributed by atoms with E-state index in [-0.39, 0.29) is 12.6 Å². The number of unbranched alkanes of at least 4 members (excludes halogenated alkanes) is 1. The Morgan fingerprint density at radius 1 is 1.73 bits per heavy atom. The minimum Gasteiger partial charge on any atom is -0.376 e. The lowest BCUT2D eigenvalue weighted by atomic mass is 10.3. The van der Waals surface area contributed by atoms with Gasteiger partial charge in [-0.1, -0.05) is 19.9 Å². The molecular weight excluding hydrogens is 142 g/mol. The van der Waals surface area contributed by atoms with Crippen molar-refractivity contribution in [1.29, 1.82) is 0 Å². The van der Waals surface area contributed by atoms with Gasteiger partial charge in [0.25, 0.3) is 0 Å². The minimum absolute atomic E-state index is 0.207. The normalized spacial score (nSPS) is 9.27. The average molecular weight is 157 g/mol. The first-order valence-corrected chi connectivity index (χ1v) is 3.78. The molecule has 0 aromatic heterocycles. The maximum atomic E-state index is 10.9. The van der Waals surface area contributed by atoms with Gasteiger partial charge in [-0.25, -0.2) is 0 Å². The minimum atomic E-state index is -0.217. The Kier molecular flexibility index (Phi) is 5.47. The molecule has 0 bridgehead atoms. The lowest BCUT2D eigenvalue weighted by Crippen LogP contribution is -2.31. The van der Waals surface area contributed by atoms with E-state index in [0.29, 0.717) is 6.54 Å². The van der Waals surface area contributed by atoms with Gasteiger partial charge in [-0.05, 0) is 12.5 Å². The number of carbonyl (C=O) groups is 1. The molecule has 0 spiro atoms. The summed E-state index contributed by atoms with van der Waals surface area (Å²) in [5.74, 6) is -0.207. The Hall–Kier alpha value is -0.830. The van der Waals surface area contributed by atoms with Gasteiger partial charge in [-0.2, -0.15) is 0 Å². The van der Waals surface area contributed by atoms with Gasteiger partial charge in [0, 0.05) is 6.54 Å². The summed E-state index contributed by atoms with van der Waals surface area (Å²) < 4.78 is 0. The van der Waals surface area contributed by atoms with Gasteiger partial charge in [-0.15, -0.1) is 0 Å². The van der Waals surface area contributed by atoms with E-state index < -0.39 is 0 Å². The van der Waals surface area contributed by atoms with Crippen molar-refractivity contribution in [3.63, 3.8) is 0 Å². The van der Waals surface area contributed by atoms with Crippen molar-refractivity contribution in [2.24, 2.45) is 0 Å². The zero-order valence-corrected chi connectivity index (χ0v) is 6.92. The molecule has 0 fully saturated rings. The predicted molar refractivity (Wildman–Crippen MR) is 43.9 cm³/mol. The second kappa shape index (κ2) is 5.92. The molecule has 1 amide bonds. The van der Waals surface area contributed by atoms with Gasteiger partial charge < -0.3 is 10.0 Å². The molecule has 11 heavy (non-hydrogen) atoms. The summed E-state index contributed by atoms with van der Waals surface area (Å²) in [5.41, 5.74) is 0. The van der Waals surface area contributed by atoms with Crippen molar-refractivity contribution in [2.75, 3.05) is 13.3 Å². The fourth-order valence-electron chi connectivity index (χ4n) is 0.729. The summed E-state index contributed by atoms with van der Waals surface area (Å²) in [5, 5.41) is 8.71. The molecule has 0 saturated carbocycles. The SMILES string of the molecule is C=CC(=O)N(CO)CCCC. The average Bonchev–Trinajstić information content (AvgIpc) is 2.05. The number of rotatable bonds is 5. The van der Waals surface area contributed by atoms with Gasteiger partial charge in [0.05, 0.1) is 0 Å². The molecular formula is C8H15NO2. The Morgan fingerprint density at radius 3 is 2.73 bits per heavy atom. The van der Waals surface area contributed by atoms with Crippen LogP contribution in [0.2, 0.25) is 0 Å². The van der Waals surface area contributed by atoms with Crippen LogP contribution in [0.5, 0.6) is 0 Å². The quantitative estimate of drug-likeness (QED) is 0.472. The number of hydrogen-bond donors (Lipinski definition) is 1. The molecule has 0 rings (SSSR count). The van der Waals surface area contributed by atoms with Crippen LogP contribution in [0, 0.1) is 0 Å². The number of nitrogens with zero attached hydrogens (tertiary/aromatic N) is 1. The predicted octanol–water partition coefficient (Wildman–Crippen LogP) is 0.751. The molecule has 0 radical (unpaired) electrons. The summed E-state index contributed by atoms with van der Waals surface area (Å²) >= 11 is 0. The topological polar surface area (TPSA) is 40.5 Å². The molecule has 0 aromatic carbocycles. The summed E-state index contributed by atoms with van der Waals surface area (Å²) in [6.45, 7) is 5.76. The van der Waals surface area contributed by atoms with Crippen molar-refractivity contribution >= 4 is 5.91 Å². The van der Waals surface area contributed by atoms with Crippen molar-refractivity contribution in [1.82, 2.24) is 4.90 Å². The molecule has 0 aromatic rings. The first kappa shape index (κ1) is 10.2. The zero-order chi connectivity index (χ0) is 8.69. The number of aliphatic hydroxyl groups is 1. The molecule has 0 saturated heterocycles. The third-order valence-corrected chi connectivity index (χ3v) is 1.44. The summed E-state index contributed by atoms with van der Waals surface area (Å²) in [6, 6.07) is 0. The van der Waals surface area contributed by atoms with Gasteiger partial charge in [-0.3, -0.25) is 4.79 Å². The van der Waals surface area contributed by atoms with Crippen molar-refractivity contribution in [2.45, 2.75) is 19.8 Å². The Morgan fingerprint density at radius 2 is 2.36 bits per heavy atom. The first-order chi connectivity index (χ1) is 5.26. The summed E-state index contributed by atoms with van der Waals surface area (Å²) in [6.07, 6.45) is 3.15. The molecule has 0 heterocycles. The second-order valence-electron chi connectivity index (χ2n) is 2.30. The van der Waals surface area contributed by atoms with Gasteiger partial charge >= 0.3 is 0 Å². The highest BCUT2D eigenvalue weighted by Crippen LogP contribution is 1.94. The van der Waals surface area contributed by atoms with E-state index in [9.17, 15) is 4.79 Å².